The first-order valence-corrected chi connectivity index (χ1v) is 8.48. The Morgan fingerprint density at radius 2 is 2.07 bits per heavy atom. The van der Waals surface area contributed by atoms with Crippen LogP contribution in [-0.2, 0) is 11.3 Å². The number of hydroxylamine groups is 1. The fraction of sp³-hybridized carbons (Fsp3) is 0.158. The van der Waals surface area contributed by atoms with Crippen molar-refractivity contribution in [2.24, 2.45) is 0 Å². The van der Waals surface area contributed by atoms with Crippen LogP contribution < -0.4 is 20.7 Å². The molecule has 142 valence electrons. The molecule has 0 saturated carbocycles. The molecule has 0 unspecified atom stereocenters. The zero-order valence-corrected chi connectivity index (χ0v) is 14.9. The highest BCUT2D eigenvalue weighted by Gasteiger charge is 2.27. The van der Waals surface area contributed by atoms with Crippen LogP contribution in [0.4, 0.5) is 5.69 Å². The van der Waals surface area contributed by atoms with E-state index in [4.69, 9.17) is 9.94 Å². The second-order valence-electron chi connectivity index (χ2n) is 6.34. The molecular weight excluding hydrogens is 364 g/mol. The van der Waals surface area contributed by atoms with Crippen molar-refractivity contribution in [3.63, 3.8) is 0 Å². The van der Waals surface area contributed by atoms with Gasteiger partial charge in [-0.1, -0.05) is 6.07 Å². The highest BCUT2D eigenvalue weighted by atomic mass is 16.5. The molecule has 0 radical (unpaired) electrons. The number of rotatable bonds is 3. The smallest absolute Gasteiger partial charge is 0.274 e. The molecule has 1 aromatic carbocycles. The topological polar surface area (TPSA) is 113 Å². The van der Waals surface area contributed by atoms with E-state index in [9.17, 15) is 14.4 Å². The first kappa shape index (κ1) is 17.7. The van der Waals surface area contributed by atoms with Gasteiger partial charge in [0, 0.05) is 17.3 Å². The number of pyridine rings is 1. The molecule has 0 saturated heterocycles. The lowest BCUT2D eigenvalue weighted by atomic mass is 10.1. The van der Waals surface area contributed by atoms with Crippen molar-refractivity contribution >= 4 is 23.1 Å². The Bertz CT molecular complexity index is 1170. The molecule has 9 nitrogen and oxygen atoms in total. The molecule has 1 aliphatic rings. The van der Waals surface area contributed by atoms with E-state index < -0.39 is 5.91 Å². The summed E-state index contributed by atoms with van der Waals surface area (Å²) in [5, 5.41) is 8.84. The SMILES string of the molecule is Cc1cccc2nc(CN3C(=O)COc4ccc(C(=O)NO)cc43)cc(=O)n12. The Morgan fingerprint density at radius 1 is 1.25 bits per heavy atom. The summed E-state index contributed by atoms with van der Waals surface area (Å²) in [6, 6.07) is 11.2. The van der Waals surface area contributed by atoms with Crippen LogP contribution in [0.2, 0.25) is 0 Å². The van der Waals surface area contributed by atoms with Gasteiger partial charge in [0.25, 0.3) is 17.4 Å². The first-order chi connectivity index (χ1) is 13.5. The van der Waals surface area contributed by atoms with Gasteiger partial charge in [-0.2, -0.15) is 0 Å². The number of aromatic nitrogens is 2. The number of amides is 2. The van der Waals surface area contributed by atoms with E-state index in [1.54, 1.807) is 23.7 Å². The van der Waals surface area contributed by atoms with Gasteiger partial charge >= 0.3 is 0 Å². The minimum absolute atomic E-state index is 0.0407. The monoisotopic (exact) mass is 380 g/mol. The summed E-state index contributed by atoms with van der Waals surface area (Å²) in [6.07, 6.45) is 0. The fourth-order valence-corrected chi connectivity index (χ4v) is 3.19. The van der Waals surface area contributed by atoms with E-state index in [1.807, 2.05) is 13.0 Å². The summed E-state index contributed by atoms with van der Waals surface area (Å²) in [6.45, 7) is 1.69. The van der Waals surface area contributed by atoms with E-state index in [-0.39, 0.29) is 30.2 Å². The summed E-state index contributed by atoms with van der Waals surface area (Å²) in [5.41, 5.74) is 3.49. The number of ether oxygens (including phenoxy) is 1. The lowest BCUT2D eigenvalue weighted by Crippen LogP contribution is -2.39. The second kappa shape index (κ2) is 6.78. The Balaban J connectivity index is 1.76. The van der Waals surface area contributed by atoms with Crippen molar-refractivity contribution in [1.82, 2.24) is 14.9 Å². The molecule has 2 aromatic heterocycles. The predicted molar refractivity (Wildman–Crippen MR) is 98.6 cm³/mol. The third-order valence-electron chi connectivity index (χ3n) is 4.52. The maximum atomic E-state index is 12.5. The summed E-state index contributed by atoms with van der Waals surface area (Å²) in [5.74, 6) is -0.624. The molecule has 9 heteroatoms. The number of carbonyl (C=O) groups excluding carboxylic acids is 2. The minimum Gasteiger partial charge on any atom is -0.482 e. The van der Waals surface area contributed by atoms with Crippen molar-refractivity contribution in [2.45, 2.75) is 13.5 Å². The summed E-state index contributed by atoms with van der Waals surface area (Å²) in [4.78, 5) is 42.5. The number of benzene rings is 1. The number of aryl methyl sites for hydroxylation is 1. The van der Waals surface area contributed by atoms with Gasteiger partial charge in [0.2, 0.25) is 0 Å². The van der Waals surface area contributed by atoms with E-state index in [2.05, 4.69) is 4.98 Å². The largest absolute Gasteiger partial charge is 0.482 e. The minimum atomic E-state index is -0.710. The van der Waals surface area contributed by atoms with E-state index in [0.29, 0.717) is 22.8 Å². The molecule has 0 atom stereocenters. The van der Waals surface area contributed by atoms with Crippen LogP contribution in [0, 0.1) is 6.92 Å². The second-order valence-corrected chi connectivity index (χ2v) is 6.34. The number of hydrogen-bond donors (Lipinski definition) is 2. The number of hydrogen-bond acceptors (Lipinski definition) is 6. The van der Waals surface area contributed by atoms with Gasteiger partial charge < -0.3 is 4.74 Å². The lowest BCUT2D eigenvalue weighted by Gasteiger charge is -2.29. The predicted octanol–water partition coefficient (Wildman–Crippen LogP) is 1.05. The van der Waals surface area contributed by atoms with Gasteiger partial charge in [0.1, 0.15) is 11.4 Å². The summed E-state index contributed by atoms with van der Waals surface area (Å²) in [7, 11) is 0. The molecule has 0 bridgehead atoms. The maximum absolute atomic E-state index is 12.5. The maximum Gasteiger partial charge on any atom is 0.274 e. The molecule has 28 heavy (non-hydrogen) atoms. The third kappa shape index (κ3) is 2.97. The fourth-order valence-electron chi connectivity index (χ4n) is 3.19. The molecule has 1 aliphatic heterocycles. The molecule has 3 heterocycles. The van der Waals surface area contributed by atoms with Crippen molar-refractivity contribution < 1.29 is 19.5 Å². The Hall–Kier alpha value is -3.72. The average Bonchev–Trinajstić information content (AvgIpc) is 2.69. The van der Waals surface area contributed by atoms with E-state index in [0.717, 1.165) is 5.69 Å². The molecule has 0 spiro atoms. The van der Waals surface area contributed by atoms with Crippen LogP contribution >= 0.6 is 0 Å². The highest BCUT2D eigenvalue weighted by Crippen LogP contribution is 2.33. The van der Waals surface area contributed by atoms with Gasteiger partial charge in [0.05, 0.1) is 17.9 Å². The van der Waals surface area contributed by atoms with Gasteiger partial charge in [-0.15, -0.1) is 0 Å². The van der Waals surface area contributed by atoms with Crippen LogP contribution in [-0.4, -0.2) is 33.0 Å². The van der Waals surface area contributed by atoms with Gasteiger partial charge in [0.15, 0.2) is 6.61 Å². The van der Waals surface area contributed by atoms with Crippen LogP contribution in [0.5, 0.6) is 5.75 Å². The Morgan fingerprint density at radius 3 is 2.86 bits per heavy atom. The zero-order valence-electron chi connectivity index (χ0n) is 14.9. The van der Waals surface area contributed by atoms with E-state index in [1.165, 1.54) is 27.5 Å². The number of carbonyl (C=O) groups is 2. The van der Waals surface area contributed by atoms with Crippen LogP contribution in [0.25, 0.3) is 5.65 Å². The first-order valence-electron chi connectivity index (χ1n) is 8.48. The number of fused-ring (bicyclic) bond motifs is 2. The number of nitrogens with one attached hydrogen (secondary N) is 1. The van der Waals surface area contributed by atoms with Gasteiger partial charge in [-0.3, -0.25) is 28.9 Å². The standard InChI is InChI=1S/C19H16N4O5/c1-11-3-2-4-16-20-13(8-17(24)23(11)16)9-22-14-7-12(19(26)21-27)5-6-15(14)28-10-18(22)25/h2-8,27H,9-10H2,1H3,(H,21,26). The van der Waals surface area contributed by atoms with Crippen molar-refractivity contribution in [3.8, 4) is 5.75 Å². The molecule has 3 aromatic rings. The van der Waals surface area contributed by atoms with Crippen LogP contribution in [0.3, 0.4) is 0 Å². The summed E-state index contributed by atoms with van der Waals surface area (Å²) < 4.78 is 6.90. The highest BCUT2D eigenvalue weighted by molar-refractivity contribution is 6.00. The van der Waals surface area contributed by atoms with E-state index >= 15 is 0 Å². The van der Waals surface area contributed by atoms with Crippen LogP contribution in [0.15, 0.2) is 47.3 Å². The zero-order chi connectivity index (χ0) is 19.8. The van der Waals surface area contributed by atoms with Crippen molar-refractivity contribution in [3.05, 3.63) is 69.8 Å². The quantitative estimate of drug-likeness (QED) is 0.519. The molecular formula is C19H16N4O5. The van der Waals surface area contributed by atoms with Crippen molar-refractivity contribution in [1.29, 1.82) is 0 Å². The normalized spacial score (nSPS) is 13.2. The lowest BCUT2D eigenvalue weighted by molar-refractivity contribution is -0.121. The van der Waals surface area contributed by atoms with Crippen molar-refractivity contribution in [2.75, 3.05) is 11.5 Å². The Labute approximate surface area is 158 Å². The van der Waals surface area contributed by atoms with Gasteiger partial charge in [-0.25, -0.2) is 10.5 Å². The molecule has 0 fully saturated rings. The summed E-state index contributed by atoms with van der Waals surface area (Å²) >= 11 is 0. The average molecular weight is 380 g/mol. The number of nitrogens with zero attached hydrogens (tertiary/aromatic N) is 3. The van der Waals surface area contributed by atoms with Gasteiger partial charge in [-0.05, 0) is 37.3 Å². The Kier molecular flexibility index (Phi) is 4.28. The molecule has 2 amide bonds. The number of anilines is 1. The molecule has 4 rings (SSSR count). The third-order valence-corrected chi connectivity index (χ3v) is 4.52. The molecule has 2 N–H and O–H groups in total. The molecule has 0 aliphatic carbocycles. The van der Waals surface area contributed by atoms with Crippen LogP contribution in [0.1, 0.15) is 21.7 Å².